The van der Waals surface area contributed by atoms with E-state index in [-0.39, 0.29) is 23.0 Å². The summed E-state index contributed by atoms with van der Waals surface area (Å²) in [6.45, 7) is 4.47. The van der Waals surface area contributed by atoms with E-state index in [1.165, 1.54) is 12.1 Å². The van der Waals surface area contributed by atoms with Crippen molar-refractivity contribution in [3.05, 3.63) is 33.8 Å². The van der Waals surface area contributed by atoms with E-state index in [1.54, 1.807) is 11.1 Å². The molecule has 10 nitrogen and oxygen atoms in total. The van der Waals surface area contributed by atoms with Crippen molar-refractivity contribution >= 4 is 54.1 Å². The van der Waals surface area contributed by atoms with Crippen LogP contribution in [0.2, 0.25) is 10.0 Å². The average molecular weight is 497 g/mol. The first-order chi connectivity index (χ1) is 15.6. The predicted octanol–water partition coefficient (Wildman–Crippen LogP) is 0.665. The smallest absolute Gasteiger partial charge is 0.497 e. The van der Waals surface area contributed by atoms with E-state index < -0.39 is 48.9 Å². The Labute approximate surface area is 200 Å². The third-order valence-corrected chi connectivity index (χ3v) is 6.29. The Morgan fingerprint density at radius 2 is 1.79 bits per heavy atom. The second kappa shape index (κ2) is 9.50. The lowest BCUT2D eigenvalue weighted by Crippen LogP contribution is -2.83. The summed E-state index contributed by atoms with van der Waals surface area (Å²) in [6, 6.07) is 3.40. The minimum atomic E-state index is -1.26. The maximum Gasteiger partial charge on any atom is 0.622 e. The maximum absolute atomic E-state index is 12.6. The number of carbonyl (C=O) groups is 4. The molecule has 0 radical (unpaired) electrons. The summed E-state index contributed by atoms with van der Waals surface area (Å²) in [5.74, 6) is -2.79. The van der Waals surface area contributed by atoms with E-state index in [0.29, 0.717) is 24.5 Å². The average Bonchev–Trinajstić information content (AvgIpc) is 2.73. The molecule has 3 atom stereocenters. The van der Waals surface area contributed by atoms with Gasteiger partial charge in [-0.3, -0.25) is 19.2 Å². The molecule has 0 aromatic heterocycles. The molecule has 1 aromatic rings. The molecule has 3 saturated heterocycles. The largest absolute Gasteiger partial charge is 0.622 e. The molecule has 3 aliphatic rings. The number of carbonyl (C=O) groups excluding carboxylic acids is 4. The molecular formula is C20H23BCl2N4O6. The number of piperazine rings is 1. The van der Waals surface area contributed by atoms with Crippen molar-refractivity contribution in [3.8, 4) is 0 Å². The molecule has 4 rings (SSSR count). The highest BCUT2D eigenvalue weighted by Crippen LogP contribution is 2.34. The Kier molecular flexibility index (Phi) is 6.85. The number of hydrazine groups is 1. The van der Waals surface area contributed by atoms with Gasteiger partial charge in [0, 0.05) is 18.1 Å². The predicted molar refractivity (Wildman–Crippen MR) is 119 cm³/mol. The van der Waals surface area contributed by atoms with Crippen molar-refractivity contribution in [1.29, 1.82) is 0 Å². The summed E-state index contributed by atoms with van der Waals surface area (Å²) in [7, 11) is -1.26. The molecule has 0 saturated carbocycles. The fourth-order valence-electron chi connectivity index (χ4n) is 4.12. The maximum atomic E-state index is 12.6. The first-order valence-electron chi connectivity index (χ1n) is 10.6. The number of nitrogens with one attached hydrogen (secondary N) is 2. The third kappa shape index (κ3) is 4.96. The zero-order valence-electron chi connectivity index (χ0n) is 18.0. The molecule has 3 aliphatic heterocycles. The summed E-state index contributed by atoms with van der Waals surface area (Å²) in [4.78, 5) is 50.1. The van der Waals surface area contributed by atoms with Gasteiger partial charge in [0.05, 0.1) is 23.1 Å². The van der Waals surface area contributed by atoms with Crippen LogP contribution in [-0.4, -0.2) is 78.5 Å². The lowest BCUT2D eigenvalue weighted by atomic mass is 9.73. The molecule has 1 aromatic carbocycles. The number of hydrogen-bond acceptors (Lipinski definition) is 8. The number of amides is 2. The van der Waals surface area contributed by atoms with Gasteiger partial charge in [0.1, 0.15) is 12.1 Å². The normalized spacial score (nSPS) is 23.2. The van der Waals surface area contributed by atoms with Crippen LogP contribution >= 0.6 is 23.2 Å². The van der Waals surface area contributed by atoms with Crippen molar-refractivity contribution in [2.45, 2.75) is 38.3 Å². The van der Waals surface area contributed by atoms with E-state index in [9.17, 15) is 19.2 Å². The van der Waals surface area contributed by atoms with Gasteiger partial charge in [0.2, 0.25) is 5.91 Å². The highest BCUT2D eigenvalue weighted by molar-refractivity contribution is 6.51. The molecule has 0 spiro atoms. The van der Waals surface area contributed by atoms with Crippen molar-refractivity contribution in [2.24, 2.45) is 5.92 Å². The number of nitrogens with zero attached hydrogens (tertiary/aromatic N) is 2. The first-order valence-corrected chi connectivity index (χ1v) is 11.4. The number of rotatable bonds is 7. The molecular weight excluding hydrogens is 474 g/mol. The Morgan fingerprint density at radius 1 is 1.15 bits per heavy atom. The quantitative estimate of drug-likeness (QED) is 0.529. The Morgan fingerprint density at radius 3 is 2.36 bits per heavy atom. The van der Waals surface area contributed by atoms with Gasteiger partial charge in [-0.1, -0.05) is 37.0 Å². The zero-order chi connectivity index (χ0) is 23.9. The van der Waals surface area contributed by atoms with Crippen molar-refractivity contribution in [3.63, 3.8) is 0 Å². The highest BCUT2D eigenvalue weighted by atomic mass is 35.5. The third-order valence-electron chi connectivity index (χ3n) is 5.72. The van der Waals surface area contributed by atoms with Crippen LogP contribution in [0.3, 0.4) is 0 Å². The van der Waals surface area contributed by atoms with Crippen molar-refractivity contribution in [2.75, 3.05) is 19.6 Å². The Hall–Kier alpha value is -2.34. The molecule has 0 unspecified atom stereocenters. The molecule has 0 aliphatic carbocycles. The van der Waals surface area contributed by atoms with Gasteiger partial charge in [-0.2, -0.15) is 0 Å². The van der Waals surface area contributed by atoms with E-state index in [0.717, 1.165) is 0 Å². The fourth-order valence-corrected chi connectivity index (χ4v) is 4.49. The van der Waals surface area contributed by atoms with Crippen LogP contribution in [0.15, 0.2) is 18.2 Å². The van der Waals surface area contributed by atoms with Gasteiger partial charge in [0.15, 0.2) is 0 Å². The van der Waals surface area contributed by atoms with Crippen LogP contribution in [0.1, 0.15) is 30.6 Å². The van der Waals surface area contributed by atoms with Crippen LogP contribution in [0.4, 0.5) is 0 Å². The standard InChI is InChI=1S/C20H23BCl2N4O6/c1-10(2)5-16(21-32-19(30)14-8-26-9-15(27(14)26)20(31)33-21)25-17(28)7-24-18(29)12-6-11(22)3-4-13(12)23/h3-4,6,10,14-16H,5,7-9H2,1-2H3,(H,24,29)(H,25,28)/t14-,15+,16-/m0/s1. The number of hydrogen-bond donors (Lipinski definition) is 2. The van der Waals surface area contributed by atoms with Gasteiger partial charge < -0.3 is 19.9 Å². The van der Waals surface area contributed by atoms with Crippen LogP contribution in [0.25, 0.3) is 0 Å². The summed E-state index contributed by atoms with van der Waals surface area (Å²) in [6.07, 6.45) is 0.385. The van der Waals surface area contributed by atoms with Gasteiger partial charge in [-0.05, 0) is 30.5 Å². The number of benzene rings is 1. The summed E-state index contributed by atoms with van der Waals surface area (Å²) in [5.41, 5.74) is 0.137. The topological polar surface area (TPSA) is 117 Å². The van der Waals surface area contributed by atoms with E-state index in [2.05, 4.69) is 10.6 Å². The fraction of sp³-hybridized carbons (Fsp3) is 0.500. The van der Waals surface area contributed by atoms with Gasteiger partial charge in [0.25, 0.3) is 5.91 Å². The second-order valence-corrected chi connectivity index (χ2v) is 9.48. The van der Waals surface area contributed by atoms with Crippen LogP contribution in [0, 0.1) is 5.92 Å². The lowest BCUT2D eigenvalue weighted by molar-refractivity contribution is -0.272. The lowest BCUT2D eigenvalue weighted by Gasteiger charge is -2.61. The van der Waals surface area contributed by atoms with E-state index >= 15 is 0 Å². The molecule has 13 heteroatoms. The SMILES string of the molecule is CC(C)C[C@H](NC(=O)CNC(=O)c1cc(Cl)ccc1Cl)B1OC(=O)[C@H]2CN3C[C@@H](C(=O)O1)N23. The molecule has 0 bridgehead atoms. The van der Waals surface area contributed by atoms with E-state index in [1.807, 2.05) is 18.9 Å². The van der Waals surface area contributed by atoms with Crippen LogP contribution in [0.5, 0.6) is 0 Å². The molecule has 33 heavy (non-hydrogen) atoms. The van der Waals surface area contributed by atoms with Gasteiger partial charge in [-0.15, -0.1) is 0 Å². The van der Waals surface area contributed by atoms with Crippen LogP contribution < -0.4 is 10.6 Å². The van der Waals surface area contributed by atoms with Gasteiger partial charge >= 0.3 is 19.1 Å². The van der Waals surface area contributed by atoms with Gasteiger partial charge in [-0.25, -0.2) is 10.0 Å². The van der Waals surface area contributed by atoms with E-state index in [4.69, 9.17) is 32.5 Å². The molecule has 2 N–H and O–H groups in total. The van der Waals surface area contributed by atoms with Crippen molar-refractivity contribution in [1.82, 2.24) is 20.7 Å². The Bertz CT molecular complexity index is 967. The molecule has 176 valence electrons. The monoisotopic (exact) mass is 496 g/mol. The minimum absolute atomic E-state index is 0.0948. The first kappa shape index (κ1) is 23.8. The highest BCUT2D eigenvalue weighted by Gasteiger charge is 2.60. The number of halogens is 2. The Balaban J connectivity index is 1.40. The molecule has 3 fully saturated rings. The molecule has 2 amide bonds. The summed E-state index contributed by atoms with van der Waals surface area (Å²) < 4.78 is 10.9. The minimum Gasteiger partial charge on any atom is -0.497 e. The van der Waals surface area contributed by atoms with Crippen molar-refractivity contribution < 1.29 is 28.5 Å². The summed E-state index contributed by atoms with van der Waals surface area (Å²) in [5, 5.41) is 9.27. The zero-order valence-corrected chi connectivity index (χ0v) is 19.6. The molecule has 3 heterocycles. The van der Waals surface area contributed by atoms with Crippen LogP contribution in [-0.2, 0) is 23.7 Å². The second-order valence-electron chi connectivity index (χ2n) is 8.64. The summed E-state index contributed by atoms with van der Waals surface area (Å²) >= 11 is 11.9.